The molecular formula is C28H34N2O5. The molecule has 2 aliphatic carbocycles. The van der Waals surface area contributed by atoms with Gasteiger partial charge in [-0.25, -0.2) is 4.79 Å². The molecule has 35 heavy (non-hydrogen) atoms. The number of rotatable bonds is 10. The molecule has 0 bridgehead atoms. The van der Waals surface area contributed by atoms with Gasteiger partial charge in [0.15, 0.2) is 0 Å². The van der Waals surface area contributed by atoms with Gasteiger partial charge >= 0.3 is 12.1 Å². The van der Waals surface area contributed by atoms with Crippen molar-refractivity contribution in [3.8, 4) is 11.1 Å². The second-order valence-corrected chi connectivity index (χ2v) is 9.79. The number of fused-ring (bicyclic) bond motifs is 3. The van der Waals surface area contributed by atoms with Gasteiger partial charge in [0.2, 0.25) is 5.91 Å². The van der Waals surface area contributed by atoms with Crippen LogP contribution >= 0.6 is 0 Å². The minimum absolute atomic E-state index is 0.00210. The molecule has 4 rings (SSSR count). The van der Waals surface area contributed by atoms with Gasteiger partial charge in [0.25, 0.3) is 0 Å². The Morgan fingerprint density at radius 2 is 1.63 bits per heavy atom. The third kappa shape index (κ3) is 5.84. The lowest BCUT2D eigenvalue weighted by Gasteiger charge is -2.29. The van der Waals surface area contributed by atoms with Gasteiger partial charge in [-0.1, -0.05) is 74.7 Å². The van der Waals surface area contributed by atoms with Crippen LogP contribution in [-0.2, 0) is 14.3 Å². The molecule has 2 aromatic rings. The Morgan fingerprint density at radius 3 is 2.20 bits per heavy atom. The van der Waals surface area contributed by atoms with Crippen LogP contribution in [0.5, 0.6) is 0 Å². The Balaban J connectivity index is 1.27. The van der Waals surface area contributed by atoms with Crippen LogP contribution in [0, 0.1) is 5.92 Å². The van der Waals surface area contributed by atoms with Crippen LogP contribution in [0.3, 0.4) is 0 Å². The summed E-state index contributed by atoms with van der Waals surface area (Å²) in [5, 5.41) is 15.1. The van der Waals surface area contributed by atoms with Crippen LogP contribution in [0.2, 0.25) is 0 Å². The van der Waals surface area contributed by atoms with E-state index in [0.29, 0.717) is 25.8 Å². The number of carboxylic acids is 1. The average molecular weight is 479 g/mol. The highest BCUT2D eigenvalue weighted by Crippen LogP contribution is 2.44. The first kappa shape index (κ1) is 24.8. The highest BCUT2D eigenvalue weighted by atomic mass is 16.5. The molecule has 0 heterocycles. The maximum atomic E-state index is 12.7. The van der Waals surface area contributed by atoms with Crippen molar-refractivity contribution in [2.45, 2.75) is 63.3 Å². The largest absolute Gasteiger partial charge is 0.481 e. The number of hydrogen-bond donors (Lipinski definition) is 3. The van der Waals surface area contributed by atoms with Gasteiger partial charge in [0, 0.05) is 18.9 Å². The Morgan fingerprint density at radius 1 is 1.03 bits per heavy atom. The van der Waals surface area contributed by atoms with E-state index in [9.17, 15) is 19.5 Å². The molecule has 1 saturated carbocycles. The molecule has 0 radical (unpaired) electrons. The number of aliphatic carboxylic acids is 1. The fraction of sp³-hybridized carbons (Fsp3) is 0.464. The summed E-state index contributed by atoms with van der Waals surface area (Å²) in [4.78, 5) is 36.4. The fourth-order valence-electron chi connectivity index (χ4n) is 5.53. The molecule has 0 aliphatic heterocycles. The highest BCUT2D eigenvalue weighted by molar-refractivity contribution is 5.80. The lowest BCUT2D eigenvalue weighted by Crippen LogP contribution is -2.48. The van der Waals surface area contributed by atoms with Crippen molar-refractivity contribution >= 4 is 18.0 Å². The molecule has 186 valence electrons. The zero-order valence-corrected chi connectivity index (χ0v) is 20.2. The van der Waals surface area contributed by atoms with E-state index in [1.54, 1.807) is 0 Å². The molecule has 7 heteroatoms. The summed E-state index contributed by atoms with van der Waals surface area (Å²) >= 11 is 0. The van der Waals surface area contributed by atoms with Crippen LogP contribution in [0.15, 0.2) is 48.5 Å². The van der Waals surface area contributed by atoms with E-state index < -0.39 is 17.6 Å². The topological polar surface area (TPSA) is 105 Å². The SMILES string of the molecule is CCC(CNC(=O)OCC1c2ccccc2-c2ccccc21)CC(=O)NC1(CC(=O)O)CCCC1. The third-order valence-electron chi connectivity index (χ3n) is 7.39. The first-order valence-electron chi connectivity index (χ1n) is 12.5. The lowest BCUT2D eigenvalue weighted by molar-refractivity contribution is -0.139. The van der Waals surface area contributed by atoms with Gasteiger partial charge in [-0.2, -0.15) is 0 Å². The van der Waals surface area contributed by atoms with Crippen LogP contribution < -0.4 is 10.6 Å². The number of ether oxygens (including phenoxy) is 1. The Labute approximate surface area is 206 Å². The van der Waals surface area contributed by atoms with E-state index >= 15 is 0 Å². The number of hydrogen-bond acceptors (Lipinski definition) is 4. The van der Waals surface area contributed by atoms with E-state index in [2.05, 4.69) is 34.9 Å². The van der Waals surface area contributed by atoms with Crippen LogP contribution in [-0.4, -0.2) is 41.8 Å². The molecule has 1 unspecified atom stereocenters. The van der Waals surface area contributed by atoms with Crippen molar-refractivity contribution in [1.82, 2.24) is 10.6 Å². The zero-order valence-electron chi connectivity index (χ0n) is 20.2. The van der Waals surface area contributed by atoms with Crippen LogP contribution in [0.25, 0.3) is 11.1 Å². The molecule has 1 atom stereocenters. The molecule has 0 saturated heterocycles. The second-order valence-electron chi connectivity index (χ2n) is 9.79. The summed E-state index contributed by atoms with van der Waals surface area (Å²) in [5.41, 5.74) is 4.04. The number of nitrogens with one attached hydrogen (secondary N) is 2. The van der Waals surface area contributed by atoms with Crippen molar-refractivity contribution in [3.05, 3.63) is 59.7 Å². The van der Waals surface area contributed by atoms with Crippen molar-refractivity contribution in [2.24, 2.45) is 5.92 Å². The number of carbonyl (C=O) groups excluding carboxylic acids is 2. The maximum Gasteiger partial charge on any atom is 0.407 e. The first-order valence-corrected chi connectivity index (χ1v) is 12.5. The normalized spacial score (nSPS) is 16.7. The first-order chi connectivity index (χ1) is 16.9. The summed E-state index contributed by atoms with van der Waals surface area (Å²) in [6.07, 6.45) is 3.64. The minimum Gasteiger partial charge on any atom is -0.481 e. The number of carbonyl (C=O) groups is 3. The second kappa shape index (κ2) is 10.9. The number of amides is 2. The predicted molar refractivity (Wildman–Crippen MR) is 133 cm³/mol. The summed E-state index contributed by atoms with van der Waals surface area (Å²) in [7, 11) is 0. The minimum atomic E-state index is -0.892. The van der Waals surface area contributed by atoms with Gasteiger partial charge in [0.1, 0.15) is 6.61 Å². The molecule has 1 fully saturated rings. The summed E-state index contributed by atoms with van der Waals surface area (Å²) < 4.78 is 5.59. The smallest absolute Gasteiger partial charge is 0.407 e. The number of alkyl carbamates (subject to hydrolysis) is 1. The quantitative estimate of drug-likeness (QED) is 0.453. The van der Waals surface area contributed by atoms with Crippen molar-refractivity contribution in [1.29, 1.82) is 0 Å². The number of carboxylic acid groups (broad SMARTS) is 1. The molecule has 0 spiro atoms. The van der Waals surface area contributed by atoms with Gasteiger partial charge < -0.3 is 20.5 Å². The Bertz CT molecular complexity index is 1030. The molecule has 7 nitrogen and oxygen atoms in total. The van der Waals surface area contributed by atoms with Gasteiger partial charge in [0.05, 0.1) is 12.0 Å². The molecule has 2 aromatic carbocycles. The maximum absolute atomic E-state index is 12.7. The van der Waals surface area contributed by atoms with Crippen LogP contribution in [0.1, 0.15) is 68.9 Å². The lowest BCUT2D eigenvalue weighted by atomic mass is 9.92. The summed E-state index contributed by atoms with van der Waals surface area (Å²) in [6.45, 7) is 2.54. The van der Waals surface area contributed by atoms with Crippen molar-refractivity contribution in [2.75, 3.05) is 13.2 Å². The fourth-order valence-corrected chi connectivity index (χ4v) is 5.53. The van der Waals surface area contributed by atoms with Crippen molar-refractivity contribution < 1.29 is 24.2 Å². The van der Waals surface area contributed by atoms with E-state index in [1.807, 2.05) is 31.2 Å². The van der Waals surface area contributed by atoms with Gasteiger partial charge in [-0.3, -0.25) is 9.59 Å². The zero-order chi connectivity index (χ0) is 24.8. The van der Waals surface area contributed by atoms with E-state index in [0.717, 1.165) is 24.0 Å². The summed E-state index contributed by atoms with van der Waals surface area (Å²) in [5.74, 6) is -1.11. The molecular weight excluding hydrogens is 444 g/mol. The Hall–Kier alpha value is -3.35. The third-order valence-corrected chi connectivity index (χ3v) is 7.39. The molecule has 3 N–H and O–H groups in total. The van der Waals surface area contributed by atoms with Gasteiger partial charge in [-0.05, 0) is 41.0 Å². The monoisotopic (exact) mass is 478 g/mol. The highest BCUT2D eigenvalue weighted by Gasteiger charge is 2.37. The Kier molecular flexibility index (Phi) is 7.73. The molecule has 2 aliphatic rings. The van der Waals surface area contributed by atoms with Gasteiger partial charge in [-0.15, -0.1) is 0 Å². The molecule has 0 aromatic heterocycles. The molecule has 2 amide bonds. The van der Waals surface area contributed by atoms with E-state index in [-0.39, 0.29) is 37.2 Å². The van der Waals surface area contributed by atoms with E-state index in [1.165, 1.54) is 11.1 Å². The van der Waals surface area contributed by atoms with Crippen LogP contribution in [0.4, 0.5) is 4.79 Å². The average Bonchev–Trinajstić information content (AvgIpc) is 3.42. The standard InChI is InChI=1S/C28H34N2O5/c1-2-19(15-25(31)30-28(16-26(32)33)13-7-8-14-28)17-29-27(34)35-18-24-22-11-5-3-9-20(22)21-10-4-6-12-23(21)24/h3-6,9-12,19,24H,2,7-8,13-18H2,1H3,(H,29,34)(H,30,31)(H,32,33). The summed E-state index contributed by atoms with van der Waals surface area (Å²) in [6, 6.07) is 16.4. The van der Waals surface area contributed by atoms with E-state index in [4.69, 9.17) is 4.74 Å². The predicted octanol–water partition coefficient (Wildman–Crippen LogP) is 4.85. The van der Waals surface area contributed by atoms with Crippen molar-refractivity contribution in [3.63, 3.8) is 0 Å². The number of benzene rings is 2.